The van der Waals surface area contributed by atoms with Crippen LogP contribution in [0.25, 0.3) is 0 Å². The summed E-state index contributed by atoms with van der Waals surface area (Å²) in [6.07, 6.45) is 0.717. The van der Waals surface area contributed by atoms with E-state index in [1.807, 2.05) is 0 Å². The molecule has 6 heteroatoms. The smallest absolute Gasteiger partial charge is 0.120 e. The van der Waals surface area contributed by atoms with E-state index >= 15 is 0 Å². The molecule has 5 nitrogen and oxygen atoms in total. The summed E-state index contributed by atoms with van der Waals surface area (Å²) in [7, 11) is 0. The van der Waals surface area contributed by atoms with Crippen LogP contribution in [0.15, 0.2) is 58.0 Å². The van der Waals surface area contributed by atoms with E-state index in [1.165, 1.54) is 11.1 Å². The largest absolute Gasteiger partial charge is 0.396 e. The van der Waals surface area contributed by atoms with Gasteiger partial charge in [-0.1, -0.05) is 46.3 Å². The van der Waals surface area contributed by atoms with Gasteiger partial charge in [-0.05, 0) is 30.2 Å². The number of amidine groups is 1. The Balaban J connectivity index is 1.75. The van der Waals surface area contributed by atoms with Crippen LogP contribution in [-0.2, 0) is 4.74 Å². The molecular weight excluding hydrogens is 418 g/mol. The summed E-state index contributed by atoms with van der Waals surface area (Å²) in [5.74, 6) is 1.07. The first-order chi connectivity index (χ1) is 13.8. The summed E-state index contributed by atoms with van der Waals surface area (Å²) in [5.41, 5.74) is 3.47. The minimum atomic E-state index is 0.0915. The Morgan fingerprint density at radius 3 is 2.64 bits per heavy atom. The number of hydrogen-bond donors (Lipinski definition) is 1. The molecule has 2 aromatic carbocycles. The van der Waals surface area contributed by atoms with Crippen molar-refractivity contribution >= 4 is 27.5 Å². The Hall–Kier alpha value is -1.73. The van der Waals surface area contributed by atoms with Gasteiger partial charge >= 0.3 is 0 Å². The molecule has 2 heterocycles. The fraction of sp³-hybridized carbons (Fsp3) is 0.409. The number of aliphatic hydroxyl groups excluding tert-OH is 1. The predicted molar refractivity (Wildman–Crippen MR) is 115 cm³/mol. The normalized spacial score (nSPS) is 20.0. The number of aliphatic imine (C=N–C) groups is 1. The number of nitrogens with zero attached hydrogens (tertiary/aromatic N) is 3. The minimum absolute atomic E-state index is 0.0915. The predicted octanol–water partition coefficient (Wildman–Crippen LogP) is 3.60. The van der Waals surface area contributed by atoms with E-state index in [9.17, 15) is 5.11 Å². The first-order valence-electron chi connectivity index (χ1n) is 9.86. The molecule has 2 aromatic rings. The molecule has 148 valence electrons. The van der Waals surface area contributed by atoms with Crippen molar-refractivity contribution in [1.29, 1.82) is 0 Å². The molecule has 0 amide bonds. The highest BCUT2D eigenvalue weighted by Gasteiger charge is 2.32. The molecule has 2 aliphatic rings. The van der Waals surface area contributed by atoms with Crippen molar-refractivity contribution in [3.63, 3.8) is 0 Å². The summed E-state index contributed by atoms with van der Waals surface area (Å²) in [6.45, 7) is 5.14. The van der Waals surface area contributed by atoms with Crippen LogP contribution in [0.5, 0.6) is 0 Å². The first kappa shape index (κ1) is 19.6. The number of morpholine rings is 1. The molecule has 0 bridgehead atoms. The number of ether oxygens (including phenoxy) is 1. The summed E-state index contributed by atoms with van der Waals surface area (Å²) < 4.78 is 6.56. The Bertz CT molecular complexity index is 822. The third-order valence-electron chi connectivity index (χ3n) is 5.32. The molecule has 1 saturated heterocycles. The van der Waals surface area contributed by atoms with Crippen molar-refractivity contribution < 1.29 is 9.84 Å². The topological polar surface area (TPSA) is 48.3 Å². The molecule has 0 aliphatic carbocycles. The summed E-state index contributed by atoms with van der Waals surface area (Å²) in [4.78, 5) is 9.82. The maximum absolute atomic E-state index is 9.50. The number of aliphatic hydroxyl groups is 1. The molecule has 0 saturated carbocycles. The molecular formula is C22H26BrN3O2. The van der Waals surface area contributed by atoms with Gasteiger partial charge in [0, 0.05) is 36.3 Å². The van der Waals surface area contributed by atoms with Crippen molar-refractivity contribution in [2.24, 2.45) is 4.99 Å². The highest BCUT2D eigenvalue weighted by atomic mass is 79.9. The SMILES string of the molecule is OCCCN1C(CN2CCOCC2)=Nc2ccc(Br)cc2C1c1ccccc1. The van der Waals surface area contributed by atoms with Crippen LogP contribution in [0.1, 0.15) is 23.6 Å². The lowest BCUT2D eigenvalue weighted by molar-refractivity contribution is 0.0437. The van der Waals surface area contributed by atoms with Gasteiger partial charge in [0.15, 0.2) is 0 Å². The van der Waals surface area contributed by atoms with E-state index in [1.54, 1.807) is 0 Å². The van der Waals surface area contributed by atoms with E-state index in [2.05, 4.69) is 74.3 Å². The molecule has 28 heavy (non-hydrogen) atoms. The van der Waals surface area contributed by atoms with Crippen LogP contribution in [0, 0.1) is 0 Å². The van der Waals surface area contributed by atoms with Crippen LogP contribution in [-0.4, -0.2) is 66.7 Å². The van der Waals surface area contributed by atoms with Crippen molar-refractivity contribution in [2.45, 2.75) is 12.5 Å². The summed E-state index contributed by atoms with van der Waals surface area (Å²) >= 11 is 3.63. The van der Waals surface area contributed by atoms with E-state index in [0.29, 0.717) is 0 Å². The van der Waals surface area contributed by atoms with Crippen molar-refractivity contribution in [2.75, 3.05) is 46.0 Å². The molecule has 1 N–H and O–H groups in total. The number of hydrogen-bond acceptors (Lipinski definition) is 5. The highest BCUT2D eigenvalue weighted by molar-refractivity contribution is 9.10. The summed E-state index contributed by atoms with van der Waals surface area (Å²) in [5, 5.41) is 9.50. The molecule has 2 aliphatic heterocycles. The maximum atomic E-state index is 9.50. The fourth-order valence-corrected chi connectivity index (χ4v) is 4.32. The van der Waals surface area contributed by atoms with Crippen molar-refractivity contribution in [3.8, 4) is 0 Å². The second kappa shape index (κ2) is 9.18. The van der Waals surface area contributed by atoms with Crippen LogP contribution >= 0.6 is 15.9 Å². The Morgan fingerprint density at radius 1 is 1.11 bits per heavy atom. The number of halogens is 1. The van der Waals surface area contributed by atoms with Gasteiger partial charge in [-0.25, -0.2) is 4.99 Å². The lowest BCUT2D eigenvalue weighted by Gasteiger charge is -2.40. The lowest BCUT2D eigenvalue weighted by atomic mass is 9.93. The maximum Gasteiger partial charge on any atom is 0.120 e. The van der Waals surface area contributed by atoms with Crippen molar-refractivity contribution in [3.05, 3.63) is 64.1 Å². The molecule has 1 atom stereocenters. The zero-order valence-corrected chi connectivity index (χ0v) is 17.5. The highest BCUT2D eigenvalue weighted by Crippen LogP contribution is 2.40. The standard InChI is InChI=1S/C22H26BrN3O2/c23-18-7-8-20-19(15-18)22(17-5-2-1-3-6-17)26(9-4-12-27)21(24-20)16-25-10-13-28-14-11-25/h1-3,5-8,15,22,27H,4,9-14,16H2. The molecule has 0 radical (unpaired) electrons. The van der Waals surface area contributed by atoms with Crippen LogP contribution in [0.2, 0.25) is 0 Å². The van der Waals surface area contributed by atoms with Crippen molar-refractivity contribution in [1.82, 2.24) is 9.80 Å². The second-order valence-electron chi connectivity index (χ2n) is 7.20. The van der Waals surface area contributed by atoms with Gasteiger partial charge in [0.1, 0.15) is 5.84 Å². The number of rotatable bonds is 6. The van der Waals surface area contributed by atoms with Gasteiger partial charge in [-0.2, -0.15) is 0 Å². The Labute approximate surface area is 174 Å². The monoisotopic (exact) mass is 443 g/mol. The van der Waals surface area contributed by atoms with Gasteiger partial charge < -0.3 is 14.7 Å². The number of benzene rings is 2. The molecule has 1 fully saturated rings. The minimum Gasteiger partial charge on any atom is -0.396 e. The molecule has 0 aromatic heterocycles. The third kappa shape index (κ3) is 4.30. The second-order valence-corrected chi connectivity index (χ2v) is 8.12. The van der Waals surface area contributed by atoms with Crippen LogP contribution in [0.4, 0.5) is 5.69 Å². The molecule has 1 unspecified atom stereocenters. The molecule has 0 spiro atoms. The Morgan fingerprint density at radius 2 is 1.89 bits per heavy atom. The lowest BCUT2D eigenvalue weighted by Crippen LogP contribution is -2.47. The van der Waals surface area contributed by atoms with E-state index in [4.69, 9.17) is 9.73 Å². The third-order valence-corrected chi connectivity index (χ3v) is 5.81. The van der Waals surface area contributed by atoms with Gasteiger partial charge in [0.2, 0.25) is 0 Å². The zero-order valence-electron chi connectivity index (χ0n) is 15.9. The zero-order chi connectivity index (χ0) is 19.3. The van der Waals surface area contributed by atoms with E-state index < -0.39 is 0 Å². The number of fused-ring (bicyclic) bond motifs is 1. The van der Waals surface area contributed by atoms with Gasteiger partial charge in [-0.15, -0.1) is 0 Å². The molecule has 4 rings (SSSR count). The average Bonchev–Trinajstić information content (AvgIpc) is 2.73. The summed E-state index contributed by atoms with van der Waals surface area (Å²) in [6, 6.07) is 17.0. The van der Waals surface area contributed by atoms with Gasteiger partial charge in [0.25, 0.3) is 0 Å². The average molecular weight is 444 g/mol. The van der Waals surface area contributed by atoms with Crippen LogP contribution in [0.3, 0.4) is 0 Å². The van der Waals surface area contributed by atoms with Gasteiger partial charge in [0.05, 0.1) is 31.5 Å². The van der Waals surface area contributed by atoms with E-state index in [-0.39, 0.29) is 12.6 Å². The van der Waals surface area contributed by atoms with Crippen LogP contribution < -0.4 is 0 Å². The quantitative estimate of drug-likeness (QED) is 0.740. The van der Waals surface area contributed by atoms with Gasteiger partial charge in [-0.3, -0.25) is 4.90 Å². The Kier molecular flexibility index (Phi) is 6.42. The van der Waals surface area contributed by atoms with E-state index in [0.717, 1.165) is 61.8 Å². The fourth-order valence-electron chi connectivity index (χ4n) is 3.95. The first-order valence-corrected chi connectivity index (χ1v) is 10.6.